The van der Waals surface area contributed by atoms with Crippen molar-refractivity contribution in [1.29, 1.82) is 0 Å². The Morgan fingerprint density at radius 1 is 1.33 bits per heavy atom. The molecule has 1 aromatic carbocycles. The molecule has 0 atom stereocenters. The Morgan fingerprint density at radius 2 is 2.06 bits per heavy atom. The van der Waals surface area contributed by atoms with Crippen LogP contribution in [0, 0.1) is 0 Å². The molecule has 0 radical (unpaired) electrons. The third-order valence-electron chi connectivity index (χ3n) is 2.55. The van der Waals surface area contributed by atoms with Crippen molar-refractivity contribution in [3.63, 3.8) is 0 Å². The second kappa shape index (κ2) is 5.57. The Bertz CT molecular complexity index is 649. The van der Waals surface area contributed by atoms with Crippen LogP contribution < -0.4 is 4.72 Å². The highest BCUT2D eigenvalue weighted by molar-refractivity contribution is 7.90. The van der Waals surface area contributed by atoms with Gasteiger partial charge in [0.1, 0.15) is 4.90 Å². The van der Waals surface area contributed by atoms with Gasteiger partial charge in [0.25, 0.3) is 0 Å². The van der Waals surface area contributed by atoms with Gasteiger partial charge in [-0.15, -0.1) is 22.9 Å². The molecule has 0 aliphatic heterocycles. The summed E-state index contributed by atoms with van der Waals surface area (Å²) in [5.41, 5.74) is 0. The molecular formula is C12H14ClNO2S2. The van der Waals surface area contributed by atoms with Gasteiger partial charge in [-0.25, -0.2) is 13.1 Å². The zero-order chi connectivity index (χ0) is 13.2. The number of nitrogens with one attached hydrogen (secondary N) is 1. The summed E-state index contributed by atoms with van der Waals surface area (Å²) < 4.78 is 28.1. The molecule has 98 valence electrons. The third kappa shape index (κ3) is 2.54. The highest BCUT2D eigenvalue weighted by atomic mass is 35.5. The fourth-order valence-electron chi connectivity index (χ4n) is 1.76. The molecule has 3 nitrogen and oxygen atoms in total. The van der Waals surface area contributed by atoms with Gasteiger partial charge < -0.3 is 0 Å². The van der Waals surface area contributed by atoms with Crippen LogP contribution >= 0.6 is 22.9 Å². The van der Waals surface area contributed by atoms with E-state index in [0.717, 1.165) is 16.5 Å². The van der Waals surface area contributed by atoms with Crippen LogP contribution in [0.3, 0.4) is 0 Å². The number of fused-ring (bicyclic) bond motifs is 1. The smallest absolute Gasteiger partial charge is 0.211 e. The summed E-state index contributed by atoms with van der Waals surface area (Å²) >= 11 is 7.29. The first-order valence-electron chi connectivity index (χ1n) is 5.66. The van der Waals surface area contributed by atoms with Gasteiger partial charge in [0.05, 0.1) is 5.88 Å². The fraction of sp³-hybridized carbons (Fsp3) is 0.333. The molecule has 0 saturated heterocycles. The third-order valence-corrected chi connectivity index (χ3v) is 5.86. The van der Waals surface area contributed by atoms with Crippen LogP contribution in [0.25, 0.3) is 10.1 Å². The summed E-state index contributed by atoms with van der Waals surface area (Å²) in [6.07, 6.45) is 0.761. The summed E-state index contributed by atoms with van der Waals surface area (Å²) in [4.78, 5) is 1.04. The average molecular weight is 304 g/mol. The van der Waals surface area contributed by atoms with E-state index < -0.39 is 10.0 Å². The molecule has 0 aliphatic rings. The molecule has 2 rings (SSSR count). The summed E-state index contributed by atoms with van der Waals surface area (Å²) in [5.74, 6) is 0.210. The van der Waals surface area contributed by atoms with E-state index in [1.165, 1.54) is 11.3 Å². The second-order valence-electron chi connectivity index (χ2n) is 3.88. The largest absolute Gasteiger partial charge is 0.242 e. The molecule has 0 aliphatic carbocycles. The second-order valence-corrected chi connectivity index (χ2v) is 6.99. The number of rotatable bonds is 5. The van der Waals surface area contributed by atoms with Gasteiger partial charge in [0.2, 0.25) is 10.0 Å². The summed E-state index contributed by atoms with van der Waals surface area (Å²) in [5, 5.41) is 0.752. The van der Waals surface area contributed by atoms with E-state index in [4.69, 9.17) is 11.6 Å². The minimum absolute atomic E-state index is 0.210. The average Bonchev–Trinajstić information content (AvgIpc) is 2.75. The first-order chi connectivity index (χ1) is 8.60. The molecule has 18 heavy (non-hydrogen) atoms. The van der Waals surface area contributed by atoms with Gasteiger partial charge >= 0.3 is 0 Å². The van der Waals surface area contributed by atoms with Crippen LogP contribution in [0.15, 0.2) is 29.2 Å². The highest BCUT2D eigenvalue weighted by Gasteiger charge is 2.23. The minimum Gasteiger partial charge on any atom is -0.211 e. The first kappa shape index (κ1) is 13.8. The van der Waals surface area contributed by atoms with E-state index in [-0.39, 0.29) is 5.88 Å². The molecule has 1 aromatic heterocycles. The lowest BCUT2D eigenvalue weighted by molar-refractivity contribution is 0.581. The number of thiophene rings is 1. The molecule has 0 amide bonds. The van der Waals surface area contributed by atoms with Crippen molar-refractivity contribution in [1.82, 2.24) is 4.72 Å². The van der Waals surface area contributed by atoms with Crippen LogP contribution in [0.2, 0.25) is 0 Å². The maximum Gasteiger partial charge on any atom is 0.242 e. The first-order valence-corrected chi connectivity index (χ1v) is 8.49. The molecule has 1 N–H and O–H groups in total. The molecular weight excluding hydrogens is 290 g/mol. The SMILES string of the molecule is CCCNS(=O)(=O)c1c(CCl)sc2ccccc12. The van der Waals surface area contributed by atoms with Gasteiger partial charge in [-0.2, -0.15) is 0 Å². The topological polar surface area (TPSA) is 46.2 Å². The van der Waals surface area contributed by atoms with Crippen molar-refractivity contribution in [2.24, 2.45) is 0 Å². The van der Waals surface area contributed by atoms with Gasteiger partial charge in [-0.05, 0) is 12.5 Å². The minimum atomic E-state index is -3.47. The zero-order valence-corrected chi connectivity index (χ0v) is 12.3. The Morgan fingerprint density at radius 3 is 2.72 bits per heavy atom. The van der Waals surface area contributed by atoms with Gasteiger partial charge in [-0.1, -0.05) is 25.1 Å². The van der Waals surface area contributed by atoms with E-state index in [1.54, 1.807) is 0 Å². The summed E-state index contributed by atoms with van der Waals surface area (Å²) in [6, 6.07) is 7.47. The van der Waals surface area contributed by atoms with E-state index in [9.17, 15) is 8.42 Å². The van der Waals surface area contributed by atoms with Crippen LogP contribution in [-0.4, -0.2) is 15.0 Å². The van der Waals surface area contributed by atoms with Crippen molar-refractivity contribution < 1.29 is 8.42 Å². The predicted molar refractivity (Wildman–Crippen MR) is 76.9 cm³/mol. The van der Waals surface area contributed by atoms with Gasteiger partial charge in [0.15, 0.2) is 0 Å². The monoisotopic (exact) mass is 303 g/mol. The maximum atomic E-state index is 12.3. The van der Waals surface area contributed by atoms with Crippen molar-refractivity contribution >= 4 is 43.0 Å². The Kier molecular flexibility index (Phi) is 4.27. The predicted octanol–water partition coefficient (Wildman–Crippen LogP) is 3.33. The Balaban J connectivity index is 2.61. The highest BCUT2D eigenvalue weighted by Crippen LogP contribution is 2.35. The van der Waals surface area contributed by atoms with Gasteiger partial charge in [0, 0.05) is 21.5 Å². The van der Waals surface area contributed by atoms with Crippen molar-refractivity contribution in [2.45, 2.75) is 24.1 Å². The normalized spacial score (nSPS) is 12.1. The number of alkyl halides is 1. The van der Waals surface area contributed by atoms with Crippen LogP contribution in [-0.2, 0) is 15.9 Å². The van der Waals surface area contributed by atoms with E-state index in [2.05, 4.69) is 4.72 Å². The lowest BCUT2D eigenvalue weighted by Gasteiger charge is -2.06. The molecule has 2 aromatic rings. The lowest BCUT2D eigenvalue weighted by atomic mass is 10.2. The summed E-state index contributed by atoms with van der Waals surface area (Å²) in [6.45, 7) is 2.37. The quantitative estimate of drug-likeness (QED) is 0.861. The van der Waals surface area contributed by atoms with Crippen molar-refractivity contribution in [3.05, 3.63) is 29.1 Å². The Hall–Kier alpha value is -0.620. The number of hydrogen-bond acceptors (Lipinski definition) is 3. The van der Waals surface area contributed by atoms with Crippen molar-refractivity contribution in [2.75, 3.05) is 6.54 Å². The number of hydrogen-bond donors (Lipinski definition) is 1. The molecule has 6 heteroatoms. The van der Waals surface area contributed by atoms with E-state index in [0.29, 0.717) is 16.3 Å². The van der Waals surface area contributed by atoms with Crippen LogP contribution in [0.4, 0.5) is 0 Å². The van der Waals surface area contributed by atoms with E-state index >= 15 is 0 Å². The summed E-state index contributed by atoms with van der Waals surface area (Å²) in [7, 11) is -3.47. The lowest BCUT2D eigenvalue weighted by Crippen LogP contribution is -2.24. The molecule has 0 unspecified atom stereocenters. The van der Waals surface area contributed by atoms with Crippen LogP contribution in [0.5, 0.6) is 0 Å². The number of benzene rings is 1. The van der Waals surface area contributed by atoms with Crippen LogP contribution in [0.1, 0.15) is 18.2 Å². The molecule has 0 fully saturated rings. The van der Waals surface area contributed by atoms with Gasteiger partial charge in [-0.3, -0.25) is 0 Å². The molecule has 0 bridgehead atoms. The molecule has 0 saturated carbocycles. The standard InChI is InChI=1S/C12H14ClNO2S2/c1-2-7-14-18(15,16)12-9-5-3-4-6-10(9)17-11(12)8-13/h3-6,14H,2,7-8H2,1H3. The Labute approximate surface area is 116 Å². The number of sulfonamides is 1. The molecule has 1 heterocycles. The van der Waals surface area contributed by atoms with E-state index in [1.807, 2.05) is 31.2 Å². The number of halogens is 1. The maximum absolute atomic E-state index is 12.3. The van der Waals surface area contributed by atoms with Crippen molar-refractivity contribution in [3.8, 4) is 0 Å². The fourth-order valence-corrected chi connectivity index (χ4v) is 5.06. The molecule has 0 spiro atoms. The zero-order valence-electron chi connectivity index (χ0n) is 9.94.